The average molecular weight is 567 g/mol. The Morgan fingerprint density at radius 3 is 2.23 bits per heavy atom. The van der Waals surface area contributed by atoms with Crippen molar-refractivity contribution in [3.05, 3.63) is 29.8 Å². The number of anilines is 1. The Balaban J connectivity index is 0.00000204. The van der Waals surface area contributed by atoms with E-state index in [4.69, 9.17) is 4.74 Å². The number of piperazine rings is 1. The molecular formula is C23H37Cl3F3N3O3. The van der Waals surface area contributed by atoms with Crippen molar-refractivity contribution >= 4 is 42.9 Å². The van der Waals surface area contributed by atoms with E-state index in [1.54, 1.807) is 6.07 Å². The molecule has 3 N–H and O–H groups in total. The minimum absolute atomic E-state index is 0. The van der Waals surface area contributed by atoms with Crippen LogP contribution in [-0.4, -0.2) is 84.8 Å². The van der Waals surface area contributed by atoms with Crippen LogP contribution in [0.2, 0.25) is 0 Å². The molecule has 4 atom stereocenters. The summed E-state index contributed by atoms with van der Waals surface area (Å²) in [4.78, 5) is 4.12. The van der Waals surface area contributed by atoms with Gasteiger partial charge >= 0.3 is 6.18 Å². The van der Waals surface area contributed by atoms with Gasteiger partial charge in [0.1, 0.15) is 12.2 Å². The average Bonchev–Trinajstić information content (AvgIpc) is 3.13. The Morgan fingerprint density at radius 2 is 1.63 bits per heavy atom. The normalized spacial score (nSPS) is 28.1. The molecule has 0 amide bonds. The molecule has 0 aromatic heterocycles. The van der Waals surface area contributed by atoms with Crippen molar-refractivity contribution < 1.29 is 28.1 Å². The fraction of sp³-hybridized carbons (Fsp3) is 0.739. The minimum Gasteiger partial charge on any atom is -0.394 e. The van der Waals surface area contributed by atoms with Gasteiger partial charge in [0.25, 0.3) is 0 Å². The number of aliphatic hydroxyl groups excluding tert-OH is 2. The predicted octanol–water partition coefficient (Wildman–Crippen LogP) is 3.50. The molecule has 2 aliphatic heterocycles. The molecule has 3 aliphatic rings. The van der Waals surface area contributed by atoms with Crippen molar-refractivity contribution in [1.29, 1.82) is 0 Å². The number of alkyl halides is 3. The van der Waals surface area contributed by atoms with Crippen LogP contribution in [0.1, 0.15) is 37.7 Å². The first-order valence-corrected chi connectivity index (χ1v) is 11.7. The molecule has 35 heavy (non-hydrogen) atoms. The first-order valence-electron chi connectivity index (χ1n) is 11.7. The van der Waals surface area contributed by atoms with Crippen LogP contribution in [0.15, 0.2) is 24.3 Å². The number of halogens is 6. The van der Waals surface area contributed by atoms with E-state index in [2.05, 4.69) is 10.2 Å². The lowest BCUT2D eigenvalue weighted by molar-refractivity contribution is -0.137. The number of rotatable bonds is 6. The Bertz CT molecular complexity index is 751. The summed E-state index contributed by atoms with van der Waals surface area (Å²) < 4.78 is 45.2. The van der Waals surface area contributed by atoms with Gasteiger partial charge in [0.2, 0.25) is 0 Å². The number of hydrogen-bond acceptors (Lipinski definition) is 6. The van der Waals surface area contributed by atoms with Crippen LogP contribution >= 0.6 is 37.2 Å². The van der Waals surface area contributed by atoms with E-state index in [1.807, 2.05) is 4.90 Å². The van der Waals surface area contributed by atoms with Crippen LogP contribution in [0.25, 0.3) is 0 Å². The van der Waals surface area contributed by atoms with E-state index in [-0.39, 0.29) is 56.0 Å². The lowest BCUT2D eigenvalue weighted by Gasteiger charge is -2.41. The largest absolute Gasteiger partial charge is 0.416 e. The number of ether oxygens (including phenoxy) is 1. The summed E-state index contributed by atoms with van der Waals surface area (Å²) in [5.74, 6) is 0. The van der Waals surface area contributed by atoms with Crippen molar-refractivity contribution in [2.75, 3.05) is 44.2 Å². The highest BCUT2D eigenvalue weighted by atomic mass is 35.5. The Morgan fingerprint density at radius 1 is 0.971 bits per heavy atom. The molecule has 204 valence electrons. The maximum atomic E-state index is 13.1. The standard InChI is InChI=1S/C23H34F3N3O3.3ClH/c24-23(25,26)16-5-4-8-18(13-16)28-9-11-29(12-10-28)21-19(32-20(15-30)22(21)31)14-27-17-6-2-1-3-7-17;;;/h4-5,8,13,17,19-22,27,30-31H,1-3,6-7,9-12,14-15H2;3*1H/t19-,20+,21+,22-;;;/m1.../s1. The zero-order valence-corrected chi connectivity index (χ0v) is 22.0. The third-order valence-electron chi connectivity index (χ3n) is 7.13. The van der Waals surface area contributed by atoms with E-state index in [1.165, 1.54) is 31.4 Å². The van der Waals surface area contributed by atoms with Crippen molar-refractivity contribution in [3.63, 3.8) is 0 Å². The molecule has 6 nitrogen and oxygen atoms in total. The quantitative estimate of drug-likeness (QED) is 0.490. The fourth-order valence-electron chi connectivity index (χ4n) is 5.34. The molecule has 0 unspecified atom stereocenters. The third-order valence-corrected chi connectivity index (χ3v) is 7.13. The van der Waals surface area contributed by atoms with Gasteiger partial charge < -0.3 is 25.2 Å². The first-order chi connectivity index (χ1) is 15.4. The van der Waals surface area contributed by atoms with E-state index >= 15 is 0 Å². The van der Waals surface area contributed by atoms with Gasteiger partial charge in [0, 0.05) is 44.5 Å². The van der Waals surface area contributed by atoms with Gasteiger partial charge in [0.05, 0.1) is 24.3 Å². The Labute approximate surface area is 223 Å². The van der Waals surface area contributed by atoms with Crippen LogP contribution < -0.4 is 10.2 Å². The van der Waals surface area contributed by atoms with E-state index < -0.39 is 23.9 Å². The number of nitrogens with zero attached hydrogens (tertiary/aromatic N) is 2. The smallest absolute Gasteiger partial charge is 0.394 e. The zero-order chi connectivity index (χ0) is 22.7. The van der Waals surface area contributed by atoms with E-state index in [0.29, 0.717) is 44.5 Å². The highest BCUT2D eigenvalue weighted by Crippen LogP contribution is 2.33. The van der Waals surface area contributed by atoms with Gasteiger partial charge in [-0.15, -0.1) is 37.2 Å². The Hall–Kier alpha value is -0.520. The topological polar surface area (TPSA) is 68.2 Å². The van der Waals surface area contributed by atoms with Crippen LogP contribution in [0.3, 0.4) is 0 Å². The number of benzene rings is 1. The van der Waals surface area contributed by atoms with Gasteiger partial charge in [-0.2, -0.15) is 13.2 Å². The lowest BCUT2D eigenvalue weighted by atomic mass is 9.95. The summed E-state index contributed by atoms with van der Waals surface area (Å²) >= 11 is 0. The summed E-state index contributed by atoms with van der Waals surface area (Å²) in [5, 5.41) is 24.1. The van der Waals surface area contributed by atoms with Gasteiger partial charge in [-0.25, -0.2) is 0 Å². The number of aliphatic hydroxyl groups is 2. The molecule has 1 saturated carbocycles. The molecule has 2 heterocycles. The molecule has 2 saturated heterocycles. The zero-order valence-electron chi connectivity index (χ0n) is 19.5. The molecule has 1 aliphatic carbocycles. The SMILES string of the molecule is Cl.Cl.Cl.OC[C@@H]1O[C@H](CNC2CCCCC2)[C@H](N2CCN(c3cccc(C(F)(F)F)c3)CC2)[C@@H]1O. The second-order valence-electron chi connectivity index (χ2n) is 9.19. The fourth-order valence-corrected chi connectivity index (χ4v) is 5.34. The van der Waals surface area contributed by atoms with Gasteiger partial charge in [-0.05, 0) is 31.0 Å². The van der Waals surface area contributed by atoms with Crippen molar-refractivity contribution in [1.82, 2.24) is 10.2 Å². The van der Waals surface area contributed by atoms with Crippen LogP contribution in [-0.2, 0) is 10.9 Å². The summed E-state index contributed by atoms with van der Waals surface area (Å²) in [6.07, 6.45) is 0.0429. The van der Waals surface area contributed by atoms with Crippen molar-refractivity contribution in [2.45, 2.75) is 68.7 Å². The number of nitrogens with one attached hydrogen (secondary N) is 1. The molecule has 0 bridgehead atoms. The second-order valence-corrected chi connectivity index (χ2v) is 9.19. The third kappa shape index (κ3) is 7.98. The number of hydrogen-bond donors (Lipinski definition) is 3. The van der Waals surface area contributed by atoms with Gasteiger partial charge in [-0.3, -0.25) is 4.90 Å². The minimum atomic E-state index is -4.36. The van der Waals surface area contributed by atoms with Crippen molar-refractivity contribution in [3.8, 4) is 0 Å². The molecular weight excluding hydrogens is 530 g/mol. The van der Waals surface area contributed by atoms with Crippen LogP contribution in [0.5, 0.6) is 0 Å². The maximum absolute atomic E-state index is 13.1. The van der Waals surface area contributed by atoms with E-state index in [9.17, 15) is 23.4 Å². The highest BCUT2D eigenvalue weighted by molar-refractivity contribution is 5.86. The van der Waals surface area contributed by atoms with Crippen LogP contribution in [0, 0.1) is 0 Å². The molecule has 1 aromatic rings. The van der Waals surface area contributed by atoms with Crippen LogP contribution in [0.4, 0.5) is 18.9 Å². The van der Waals surface area contributed by atoms with Gasteiger partial charge in [0.15, 0.2) is 0 Å². The summed E-state index contributed by atoms with van der Waals surface area (Å²) in [6.45, 7) is 2.74. The van der Waals surface area contributed by atoms with Crippen molar-refractivity contribution in [2.24, 2.45) is 0 Å². The molecule has 3 fully saturated rings. The molecule has 12 heteroatoms. The van der Waals surface area contributed by atoms with E-state index in [0.717, 1.165) is 18.9 Å². The summed E-state index contributed by atoms with van der Waals surface area (Å²) in [6, 6.07) is 5.66. The molecule has 0 radical (unpaired) electrons. The van der Waals surface area contributed by atoms with Gasteiger partial charge in [-0.1, -0.05) is 25.3 Å². The highest BCUT2D eigenvalue weighted by Gasteiger charge is 2.46. The molecule has 0 spiro atoms. The second kappa shape index (κ2) is 14.4. The Kier molecular flexibility index (Phi) is 13.4. The molecule has 4 rings (SSSR count). The molecule has 1 aromatic carbocycles. The monoisotopic (exact) mass is 565 g/mol. The predicted molar refractivity (Wildman–Crippen MR) is 137 cm³/mol. The first kappa shape index (κ1) is 32.5. The summed E-state index contributed by atoms with van der Waals surface area (Å²) in [7, 11) is 0. The maximum Gasteiger partial charge on any atom is 0.416 e. The lowest BCUT2D eigenvalue weighted by Crippen LogP contribution is -2.57. The summed E-state index contributed by atoms with van der Waals surface area (Å²) in [5.41, 5.74) is -0.0804.